The number of hydrogen-bond donors (Lipinski definition) is 2. The van der Waals surface area contributed by atoms with E-state index in [0.29, 0.717) is 22.9 Å². The van der Waals surface area contributed by atoms with Crippen molar-refractivity contribution in [2.75, 3.05) is 12.4 Å². The maximum absolute atomic E-state index is 13.2. The van der Waals surface area contributed by atoms with Crippen LogP contribution in [0.25, 0.3) is 5.69 Å². The summed E-state index contributed by atoms with van der Waals surface area (Å²) in [6.07, 6.45) is 1.58. The third-order valence-corrected chi connectivity index (χ3v) is 5.30. The van der Waals surface area contributed by atoms with Gasteiger partial charge in [0, 0.05) is 11.8 Å². The number of carbonyl (C=O) groups excluding carboxylic acids is 1. The number of ether oxygens (including phenoxy) is 2. The van der Waals surface area contributed by atoms with Gasteiger partial charge in [0.25, 0.3) is 5.91 Å². The summed E-state index contributed by atoms with van der Waals surface area (Å²) in [4.78, 5) is 13.2. The smallest absolute Gasteiger partial charge is 0.264 e. The number of anilines is 1. The highest BCUT2D eigenvalue weighted by Crippen LogP contribution is 2.35. The molecular weight excluding hydrogens is 416 g/mol. The van der Waals surface area contributed by atoms with Gasteiger partial charge in [-0.05, 0) is 41.8 Å². The minimum atomic E-state index is -0.451. The van der Waals surface area contributed by atoms with Crippen molar-refractivity contribution < 1.29 is 19.4 Å². The van der Waals surface area contributed by atoms with Gasteiger partial charge in [0.1, 0.15) is 17.1 Å². The van der Waals surface area contributed by atoms with Crippen LogP contribution in [0, 0.1) is 0 Å². The van der Waals surface area contributed by atoms with Gasteiger partial charge < -0.3 is 19.9 Å². The molecule has 0 fully saturated rings. The van der Waals surface area contributed by atoms with Gasteiger partial charge in [-0.25, -0.2) is 0 Å². The Hall–Kier alpha value is -4.19. The summed E-state index contributed by atoms with van der Waals surface area (Å²) in [5.41, 5.74) is 2.39. The van der Waals surface area contributed by atoms with Crippen LogP contribution in [-0.2, 0) is 0 Å². The second kappa shape index (κ2) is 9.53. The molecule has 0 radical (unpaired) electrons. The van der Waals surface area contributed by atoms with Crippen LogP contribution in [0.15, 0.2) is 85.1 Å². The summed E-state index contributed by atoms with van der Waals surface area (Å²) >= 11 is 0. The minimum absolute atomic E-state index is 0.0606. The molecule has 0 unspecified atom stereocenters. The Kier molecular flexibility index (Phi) is 6.36. The Morgan fingerprint density at radius 1 is 0.939 bits per heavy atom. The molecule has 1 amide bonds. The van der Waals surface area contributed by atoms with Gasteiger partial charge in [0.2, 0.25) is 5.88 Å². The highest BCUT2D eigenvalue weighted by atomic mass is 16.5. The molecule has 0 aliphatic rings. The van der Waals surface area contributed by atoms with E-state index in [9.17, 15) is 9.90 Å². The lowest BCUT2D eigenvalue weighted by Gasteiger charge is -2.14. The fourth-order valence-corrected chi connectivity index (χ4v) is 3.66. The zero-order valence-electron chi connectivity index (χ0n) is 18.8. The third-order valence-electron chi connectivity index (χ3n) is 5.30. The molecule has 2 N–H and O–H groups in total. The minimum Gasteiger partial charge on any atom is -0.494 e. The molecule has 0 saturated heterocycles. The Morgan fingerprint density at radius 3 is 2.36 bits per heavy atom. The molecular formula is C27H26N2O4. The zero-order chi connectivity index (χ0) is 23.4. The first kappa shape index (κ1) is 22.0. The lowest BCUT2D eigenvalue weighted by atomic mass is 10.0. The number of rotatable bonds is 7. The van der Waals surface area contributed by atoms with Crippen molar-refractivity contribution in [3.05, 3.63) is 96.2 Å². The summed E-state index contributed by atoms with van der Waals surface area (Å²) in [5.74, 6) is 1.13. The lowest BCUT2D eigenvalue weighted by Crippen LogP contribution is -2.14. The highest BCUT2D eigenvalue weighted by Gasteiger charge is 2.24. The van der Waals surface area contributed by atoms with Crippen LogP contribution in [0.5, 0.6) is 23.1 Å². The first-order chi connectivity index (χ1) is 16.0. The van der Waals surface area contributed by atoms with Crippen molar-refractivity contribution >= 4 is 11.6 Å². The molecule has 4 rings (SSSR count). The monoisotopic (exact) mass is 442 g/mol. The summed E-state index contributed by atoms with van der Waals surface area (Å²) in [5, 5.41) is 13.9. The molecule has 0 atom stereocenters. The number of aromatic hydroxyl groups is 1. The maximum atomic E-state index is 13.2. The van der Waals surface area contributed by atoms with Crippen molar-refractivity contribution in [1.29, 1.82) is 0 Å². The second-order valence-electron chi connectivity index (χ2n) is 7.87. The van der Waals surface area contributed by atoms with Crippen molar-refractivity contribution in [1.82, 2.24) is 4.57 Å². The van der Waals surface area contributed by atoms with E-state index in [2.05, 4.69) is 19.2 Å². The topological polar surface area (TPSA) is 72.7 Å². The molecule has 6 nitrogen and oxygen atoms in total. The highest BCUT2D eigenvalue weighted by molar-refractivity contribution is 6.08. The number of para-hydroxylation sites is 2. The van der Waals surface area contributed by atoms with E-state index in [0.717, 1.165) is 5.56 Å². The fourth-order valence-electron chi connectivity index (χ4n) is 3.66. The van der Waals surface area contributed by atoms with Crippen LogP contribution in [0.1, 0.15) is 35.7 Å². The van der Waals surface area contributed by atoms with Gasteiger partial charge >= 0.3 is 0 Å². The number of nitrogens with zero attached hydrogens (tertiary/aromatic N) is 1. The molecule has 168 valence electrons. The van der Waals surface area contributed by atoms with Gasteiger partial charge in [-0.3, -0.25) is 9.36 Å². The summed E-state index contributed by atoms with van der Waals surface area (Å²) in [7, 11) is 1.47. The number of hydrogen-bond acceptors (Lipinski definition) is 4. The zero-order valence-corrected chi connectivity index (χ0v) is 18.8. The molecule has 4 aromatic rings. The van der Waals surface area contributed by atoms with E-state index >= 15 is 0 Å². The van der Waals surface area contributed by atoms with Crippen LogP contribution < -0.4 is 14.8 Å². The van der Waals surface area contributed by atoms with Crippen LogP contribution in [0.3, 0.4) is 0 Å². The molecule has 0 aliphatic heterocycles. The Labute approximate surface area is 193 Å². The van der Waals surface area contributed by atoms with Gasteiger partial charge in [0.15, 0.2) is 5.75 Å². The van der Waals surface area contributed by atoms with Gasteiger partial charge in [0.05, 0.1) is 19.0 Å². The standard InChI is InChI=1S/C27H26N2O4/c1-18(2)22-14-7-8-15-23(22)28-26(30)25-24(32-3)17-29(27(25)31)19-10-9-13-21(16-19)33-20-11-5-4-6-12-20/h4-18,31H,1-3H3,(H,28,30). The molecule has 0 bridgehead atoms. The SMILES string of the molecule is COc1cn(-c2cccc(Oc3ccccc3)c2)c(O)c1C(=O)Nc1ccccc1C(C)C. The number of aromatic nitrogens is 1. The predicted octanol–water partition coefficient (Wildman–Crippen LogP) is 6.36. The summed E-state index contributed by atoms with van der Waals surface area (Å²) < 4.78 is 12.8. The lowest BCUT2D eigenvalue weighted by molar-refractivity contribution is 0.102. The Bertz CT molecular complexity index is 1260. The molecule has 0 saturated carbocycles. The number of nitrogens with one attached hydrogen (secondary N) is 1. The quantitative estimate of drug-likeness (QED) is 0.349. The molecule has 0 aliphatic carbocycles. The Balaban J connectivity index is 1.66. The predicted molar refractivity (Wildman–Crippen MR) is 129 cm³/mol. The molecule has 6 heteroatoms. The third kappa shape index (κ3) is 4.70. The maximum Gasteiger partial charge on any atom is 0.264 e. The van der Waals surface area contributed by atoms with E-state index in [4.69, 9.17) is 9.47 Å². The van der Waals surface area contributed by atoms with Crippen molar-refractivity contribution in [2.45, 2.75) is 19.8 Å². The largest absolute Gasteiger partial charge is 0.494 e. The van der Waals surface area contributed by atoms with Crippen molar-refractivity contribution in [3.63, 3.8) is 0 Å². The van der Waals surface area contributed by atoms with Crippen LogP contribution in [0.2, 0.25) is 0 Å². The normalized spacial score (nSPS) is 10.8. The van der Waals surface area contributed by atoms with E-state index in [-0.39, 0.29) is 23.1 Å². The van der Waals surface area contributed by atoms with Crippen LogP contribution in [0.4, 0.5) is 5.69 Å². The van der Waals surface area contributed by atoms with Crippen molar-refractivity contribution in [3.8, 4) is 28.8 Å². The number of benzene rings is 3. The first-order valence-corrected chi connectivity index (χ1v) is 10.7. The van der Waals surface area contributed by atoms with Gasteiger partial charge in [-0.1, -0.05) is 56.3 Å². The Morgan fingerprint density at radius 2 is 1.64 bits per heavy atom. The second-order valence-corrected chi connectivity index (χ2v) is 7.87. The first-order valence-electron chi connectivity index (χ1n) is 10.7. The van der Waals surface area contributed by atoms with Crippen LogP contribution in [-0.4, -0.2) is 22.7 Å². The average Bonchev–Trinajstić information content (AvgIpc) is 3.16. The fraction of sp³-hybridized carbons (Fsp3) is 0.148. The van der Waals surface area contributed by atoms with Crippen LogP contribution >= 0.6 is 0 Å². The molecule has 1 heterocycles. The molecule has 33 heavy (non-hydrogen) atoms. The molecule has 1 aromatic heterocycles. The average molecular weight is 443 g/mol. The van der Waals surface area contributed by atoms with E-state index < -0.39 is 5.91 Å². The summed E-state index contributed by atoms with van der Waals surface area (Å²) in [6.45, 7) is 4.12. The molecule has 0 spiro atoms. The van der Waals surface area contributed by atoms with E-state index in [1.54, 1.807) is 12.3 Å². The van der Waals surface area contributed by atoms with E-state index in [1.165, 1.54) is 11.7 Å². The van der Waals surface area contributed by atoms with E-state index in [1.807, 2.05) is 72.8 Å². The van der Waals surface area contributed by atoms with Crippen molar-refractivity contribution in [2.24, 2.45) is 0 Å². The molecule has 3 aromatic carbocycles. The number of carbonyl (C=O) groups is 1. The van der Waals surface area contributed by atoms with Gasteiger partial charge in [-0.15, -0.1) is 0 Å². The number of methoxy groups -OCH3 is 1. The van der Waals surface area contributed by atoms with Gasteiger partial charge in [-0.2, -0.15) is 0 Å². The number of amides is 1. The summed E-state index contributed by atoms with van der Waals surface area (Å²) in [6, 6.07) is 24.3.